The summed E-state index contributed by atoms with van der Waals surface area (Å²) in [4.78, 5) is 12.1. The predicted octanol–water partition coefficient (Wildman–Crippen LogP) is 3.82. The Kier molecular flexibility index (Phi) is 2.80. The standard InChI is InChI=1S/C14H16F2O/c1-8-10(15)6-11(16)9-4-5-14(2,3)7-12(17)13(8)9/h6H,4-5,7H2,1-3H3. The summed E-state index contributed by atoms with van der Waals surface area (Å²) in [6.45, 7) is 5.52. The van der Waals surface area contributed by atoms with Crippen LogP contribution in [0.5, 0.6) is 0 Å². The average molecular weight is 238 g/mol. The van der Waals surface area contributed by atoms with E-state index < -0.39 is 11.6 Å². The Hall–Kier alpha value is -1.25. The van der Waals surface area contributed by atoms with Gasteiger partial charge in [-0.3, -0.25) is 4.79 Å². The normalized spacial score (nSPS) is 18.8. The van der Waals surface area contributed by atoms with Gasteiger partial charge >= 0.3 is 0 Å². The van der Waals surface area contributed by atoms with Crippen LogP contribution in [-0.4, -0.2) is 5.78 Å². The molecule has 0 atom stereocenters. The van der Waals surface area contributed by atoms with Crippen molar-refractivity contribution in [2.45, 2.75) is 40.0 Å². The minimum absolute atomic E-state index is 0.140. The number of carbonyl (C=O) groups is 1. The topological polar surface area (TPSA) is 17.1 Å². The van der Waals surface area contributed by atoms with Gasteiger partial charge in [-0.1, -0.05) is 13.8 Å². The van der Waals surface area contributed by atoms with Crippen molar-refractivity contribution in [1.29, 1.82) is 0 Å². The fourth-order valence-electron chi connectivity index (χ4n) is 2.47. The number of rotatable bonds is 0. The van der Waals surface area contributed by atoms with Crippen molar-refractivity contribution in [3.05, 3.63) is 34.4 Å². The summed E-state index contributed by atoms with van der Waals surface area (Å²) >= 11 is 0. The lowest BCUT2D eigenvalue weighted by atomic mass is 9.84. The number of hydrogen-bond donors (Lipinski definition) is 0. The van der Waals surface area contributed by atoms with Gasteiger partial charge in [-0.05, 0) is 36.3 Å². The average Bonchev–Trinajstić information content (AvgIpc) is 2.31. The maximum absolute atomic E-state index is 13.7. The Bertz CT molecular complexity index is 489. The minimum Gasteiger partial charge on any atom is -0.294 e. The van der Waals surface area contributed by atoms with E-state index in [0.29, 0.717) is 18.4 Å². The molecule has 0 unspecified atom stereocenters. The predicted molar refractivity (Wildman–Crippen MR) is 62.1 cm³/mol. The summed E-state index contributed by atoms with van der Waals surface area (Å²) in [6, 6.07) is 0.889. The van der Waals surface area contributed by atoms with E-state index in [-0.39, 0.29) is 22.3 Å². The molecule has 17 heavy (non-hydrogen) atoms. The number of Topliss-reactive ketones (excluding diaryl/α,β-unsaturated/α-hetero) is 1. The first-order chi connectivity index (χ1) is 7.82. The molecule has 1 aliphatic carbocycles. The lowest BCUT2D eigenvalue weighted by Gasteiger charge is -2.20. The van der Waals surface area contributed by atoms with Gasteiger partial charge in [0.1, 0.15) is 11.6 Å². The molecule has 1 aromatic carbocycles. The zero-order valence-electron chi connectivity index (χ0n) is 10.4. The lowest BCUT2D eigenvalue weighted by Crippen LogP contribution is -2.15. The Morgan fingerprint density at radius 3 is 2.53 bits per heavy atom. The summed E-state index contributed by atoms with van der Waals surface area (Å²) in [7, 11) is 0. The summed E-state index contributed by atoms with van der Waals surface area (Å²) in [6.07, 6.45) is 1.60. The van der Waals surface area contributed by atoms with Crippen LogP contribution in [0.15, 0.2) is 6.07 Å². The van der Waals surface area contributed by atoms with E-state index in [1.165, 1.54) is 0 Å². The molecule has 0 amide bonds. The van der Waals surface area contributed by atoms with Crippen LogP contribution < -0.4 is 0 Å². The van der Waals surface area contributed by atoms with E-state index in [2.05, 4.69) is 0 Å². The molecule has 1 aliphatic rings. The number of hydrogen-bond acceptors (Lipinski definition) is 1. The van der Waals surface area contributed by atoms with Crippen LogP contribution >= 0.6 is 0 Å². The molecule has 0 bridgehead atoms. The Labute approximate surface area is 99.8 Å². The van der Waals surface area contributed by atoms with Crippen LogP contribution in [0.2, 0.25) is 0 Å². The summed E-state index contributed by atoms with van der Waals surface area (Å²) < 4.78 is 27.2. The van der Waals surface area contributed by atoms with Crippen molar-refractivity contribution in [1.82, 2.24) is 0 Å². The van der Waals surface area contributed by atoms with Crippen molar-refractivity contribution in [3.8, 4) is 0 Å². The van der Waals surface area contributed by atoms with Crippen molar-refractivity contribution >= 4 is 5.78 Å². The fraction of sp³-hybridized carbons (Fsp3) is 0.500. The van der Waals surface area contributed by atoms with Gasteiger partial charge in [-0.2, -0.15) is 0 Å². The zero-order chi connectivity index (χ0) is 12.8. The smallest absolute Gasteiger partial charge is 0.164 e. The molecule has 0 N–H and O–H groups in total. The lowest BCUT2D eigenvalue weighted by molar-refractivity contribution is 0.0933. The molecule has 0 spiro atoms. The van der Waals surface area contributed by atoms with Crippen LogP contribution in [0.1, 0.15) is 48.2 Å². The van der Waals surface area contributed by atoms with Crippen LogP contribution in [-0.2, 0) is 6.42 Å². The molecule has 0 aromatic heterocycles. The Balaban J connectivity index is 2.63. The molecular formula is C14H16F2O. The fourth-order valence-corrected chi connectivity index (χ4v) is 2.47. The number of halogens is 2. The van der Waals surface area contributed by atoms with Gasteiger partial charge in [0.15, 0.2) is 5.78 Å². The van der Waals surface area contributed by atoms with E-state index in [9.17, 15) is 13.6 Å². The molecule has 1 aromatic rings. The number of fused-ring (bicyclic) bond motifs is 1. The third-order valence-electron chi connectivity index (χ3n) is 3.55. The summed E-state index contributed by atoms with van der Waals surface area (Å²) in [5, 5.41) is 0. The second-order valence-corrected chi connectivity index (χ2v) is 5.58. The van der Waals surface area contributed by atoms with E-state index >= 15 is 0 Å². The number of ketones is 1. The highest BCUT2D eigenvalue weighted by Gasteiger charge is 2.31. The molecule has 0 saturated carbocycles. The molecule has 92 valence electrons. The van der Waals surface area contributed by atoms with Crippen molar-refractivity contribution in [2.24, 2.45) is 5.41 Å². The molecule has 3 heteroatoms. The molecule has 0 saturated heterocycles. The van der Waals surface area contributed by atoms with E-state index in [1.807, 2.05) is 13.8 Å². The first-order valence-electron chi connectivity index (χ1n) is 5.82. The first kappa shape index (κ1) is 12.2. The maximum atomic E-state index is 13.7. The highest BCUT2D eigenvalue weighted by atomic mass is 19.1. The molecule has 0 aliphatic heterocycles. The van der Waals surface area contributed by atoms with Crippen LogP contribution in [0, 0.1) is 24.0 Å². The molecular weight excluding hydrogens is 222 g/mol. The molecule has 2 rings (SSSR count). The van der Waals surface area contributed by atoms with Gasteiger partial charge < -0.3 is 0 Å². The SMILES string of the molecule is Cc1c(F)cc(F)c2c1C(=O)CC(C)(C)CC2. The Morgan fingerprint density at radius 1 is 1.24 bits per heavy atom. The molecule has 0 fully saturated rings. The maximum Gasteiger partial charge on any atom is 0.164 e. The monoisotopic (exact) mass is 238 g/mol. The molecule has 1 nitrogen and oxygen atoms in total. The number of benzene rings is 1. The van der Waals surface area contributed by atoms with Gasteiger partial charge in [0.25, 0.3) is 0 Å². The van der Waals surface area contributed by atoms with Gasteiger partial charge in [-0.25, -0.2) is 8.78 Å². The second kappa shape index (κ2) is 3.90. The van der Waals surface area contributed by atoms with Crippen LogP contribution in [0.3, 0.4) is 0 Å². The molecule has 0 radical (unpaired) electrons. The van der Waals surface area contributed by atoms with E-state index in [1.54, 1.807) is 6.92 Å². The zero-order valence-corrected chi connectivity index (χ0v) is 10.4. The summed E-state index contributed by atoms with van der Waals surface area (Å²) in [5.74, 6) is -1.36. The quantitative estimate of drug-likeness (QED) is 0.628. The van der Waals surface area contributed by atoms with Crippen molar-refractivity contribution in [2.75, 3.05) is 0 Å². The third-order valence-corrected chi connectivity index (χ3v) is 3.55. The third kappa shape index (κ3) is 2.11. The van der Waals surface area contributed by atoms with E-state index in [4.69, 9.17) is 0 Å². The Morgan fingerprint density at radius 2 is 1.88 bits per heavy atom. The van der Waals surface area contributed by atoms with Crippen LogP contribution in [0.25, 0.3) is 0 Å². The number of carbonyl (C=O) groups excluding carboxylic acids is 1. The van der Waals surface area contributed by atoms with Gasteiger partial charge in [0.05, 0.1) is 0 Å². The largest absolute Gasteiger partial charge is 0.294 e. The highest BCUT2D eigenvalue weighted by molar-refractivity contribution is 5.99. The minimum atomic E-state index is -0.630. The van der Waals surface area contributed by atoms with Gasteiger partial charge in [0, 0.05) is 18.1 Å². The van der Waals surface area contributed by atoms with Gasteiger partial charge in [-0.15, -0.1) is 0 Å². The second-order valence-electron chi connectivity index (χ2n) is 5.58. The van der Waals surface area contributed by atoms with Crippen molar-refractivity contribution < 1.29 is 13.6 Å². The van der Waals surface area contributed by atoms with E-state index in [0.717, 1.165) is 12.5 Å². The summed E-state index contributed by atoms with van der Waals surface area (Å²) in [5.41, 5.74) is 0.794. The molecule has 0 heterocycles. The first-order valence-corrected chi connectivity index (χ1v) is 5.82. The van der Waals surface area contributed by atoms with Crippen molar-refractivity contribution in [3.63, 3.8) is 0 Å². The van der Waals surface area contributed by atoms with Gasteiger partial charge in [0.2, 0.25) is 0 Å². The van der Waals surface area contributed by atoms with Crippen LogP contribution in [0.4, 0.5) is 8.78 Å². The highest BCUT2D eigenvalue weighted by Crippen LogP contribution is 2.36.